The third-order valence-electron chi connectivity index (χ3n) is 2.48. The van der Waals surface area contributed by atoms with E-state index in [1.165, 1.54) is 12.5 Å². The summed E-state index contributed by atoms with van der Waals surface area (Å²) in [6, 6.07) is 7.22. The summed E-state index contributed by atoms with van der Waals surface area (Å²) in [5.74, 6) is 0.461. The van der Waals surface area contributed by atoms with E-state index in [9.17, 15) is 4.79 Å². The summed E-state index contributed by atoms with van der Waals surface area (Å²) in [6.45, 7) is 0. The molecule has 0 radical (unpaired) electrons. The Morgan fingerprint density at radius 1 is 1.35 bits per heavy atom. The molecule has 0 unspecified atom stereocenters. The number of nitrogens with one attached hydrogen (secondary N) is 1. The molecule has 2 aromatic heterocycles. The van der Waals surface area contributed by atoms with E-state index in [0.29, 0.717) is 21.9 Å². The Kier molecular flexibility index (Phi) is 2.23. The first kappa shape index (κ1) is 10.1. The van der Waals surface area contributed by atoms with Crippen molar-refractivity contribution in [3.05, 3.63) is 52.2 Å². The quantitative estimate of drug-likeness (QED) is 0.718. The number of para-hydroxylation sites is 1. The van der Waals surface area contributed by atoms with Gasteiger partial charge in [-0.2, -0.15) is 0 Å². The van der Waals surface area contributed by atoms with E-state index in [1.54, 1.807) is 12.1 Å². The number of aromatic nitrogens is 2. The SMILES string of the molecule is O=c1[nH]cncc1-c1cc2cccc(Cl)c2o1. The zero-order valence-corrected chi connectivity index (χ0v) is 9.36. The van der Waals surface area contributed by atoms with Crippen LogP contribution in [0.3, 0.4) is 0 Å². The number of nitrogens with zero attached hydrogens (tertiary/aromatic N) is 1. The van der Waals surface area contributed by atoms with E-state index in [2.05, 4.69) is 9.97 Å². The van der Waals surface area contributed by atoms with Gasteiger partial charge in [0.1, 0.15) is 11.3 Å². The molecular formula is C12H7ClN2O2. The monoisotopic (exact) mass is 246 g/mol. The van der Waals surface area contributed by atoms with E-state index in [1.807, 2.05) is 12.1 Å². The highest BCUT2D eigenvalue weighted by molar-refractivity contribution is 6.34. The second-order valence-corrected chi connectivity index (χ2v) is 3.97. The summed E-state index contributed by atoms with van der Waals surface area (Å²) in [5, 5.41) is 1.38. The van der Waals surface area contributed by atoms with Gasteiger partial charge in [0.05, 0.1) is 11.3 Å². The van der Waals surface area contributed by atoms with Crippen LogP contribution in [-0.4, -0.2) is 9.97 Å². The maximum Gasteiger partial charge on any atom is 0.261 e. The van der Waals surface area contributed by atoms with Crippen molar-refractivity contribution in [3.63, 3.8) is 0 Å². The van der Waals surface area contributed by atoms with Crippen molar-refractivity contribution >= 4 is 22.6 Å². The predicted octanol–water partition coefficient (Wildman–Crippen LogP) is 2.84. The molecule has 2 heterocycles. The Hall–Kier alpha value is -2.07. The smallest absolute Gasteiger partial charge is 0.261 e. The number of aromatic amines is 1. The van der Waals surface area contributed by atoms with Crippen LogP contribution in [0.2, 0.25) is 5.02 Å². The zero-order valence-electron chi connectivity index (χ0n) is 8.61. The third-order valence-corrected chi connectivity index (χ3v) is 2.78. The minimum Gasteiger partial charge on any atom is -0.454 e. The van der Waals surface area contributed by atoms with E-state index in [4.69, 9.17) is 16.0 Å². The molecule has 3 rings (SSSR count). The first-order valence-corrected chi connectivity index (χ1v) is 5.34. The summed E-state index contributed by atoms with van der Waals surface area (Å²) in [5.41, 5.74) is 0.724. The molecule has 3 aromatic rings. The van der Waals surface area contributed by atoms with Crippen LogP contribution in [-0.2, 0) is 0 Å². The van der Waals surface area contributed by atoms with E-state index < -0.39 is 0 Å². The molecule has 84 valence electrons. The Morgan fingerprint density at radius 3 is 3.00 bits per heavy atom. The molecular weight excluding hydrogens is 240 g/mol. The Morgan fingerprint density at radius 2 is 2.24 bits per heavy atom. The minimum atomic E-state index is -0.241. The highest BCUT2D eigenvalue weighted by atomic mass is 35.5. The molecule has 5 heteroatoms. The number of hydrogen-bond donors (Lipinski definition) is 1. The molecule has 1 aromatic carbocycles. The van der Waals surface area contributed by atoms with Gasteiger partial charge in [-0.15, -0.1) is 0 Å². The summed E-state index contributed by atoms with van der Waals surface area (Å²) < 4.78 is 5.57. The van der Waals surface area contributed by atoms with Crippen LogP contribution in [0.1, 0.15) is 0 Å². The van der Waals surface area contributed by atoms with Crippen molar-refractivity contribution in [3.8, 4) is 11.3 Å². The first-order valence-electron chi connectivity index (χ1n) is 4.97. The van der Waals surface area contributed by atoms with Crippen LogP contribution in [0, 0.1) is 0 Å². The number of fused-ring (bicyclic) bond motifs is 1. The maximum absolute atomic E-state index is 11.6. The molecule has 0 atom stereocenters. The van der Waals surface area contributed by atoms with Crippen LogP contribution >= 0.6 is 11.6 Å². The van der Waals surface area contributed by atoms with E-state index >= 15 is 0 Å². The lowest BCUT2D eigenvalue weighted by Crippen LogP contribution is -2.07. The average Bonchev–Trinajstić information content (AvgIpc) is 2.75. The number of rotatable bonds is 1. The molecule has 17 heavy (non-hydrogen) atoms. The second kappa shape index (κ2) is 3.75. The molecule has 0 fully saturated rings. The Balaban J connectivity index is 2.30. The lowest BCUT2D eigenvalue weighted by molar-refractivity contribution is 0.630. The molecule has 0 amide bonds. The standard InChI is InChI=1S/C12H7ClN2O2/c13-9-3-1-2-7-4-10(17-11(7)9)8-5-14-6-15-12(8)16/h1-6H,(H,14,15,16). The Labute approximate surface area is 101 Å². The topological polar surface area (TPSA) is 58.9 Å². The molecule has 0 aliphatic carbocycles. The van der Waals surface area contributed by atoms with Gasteiger partial charge in [-0.1, -0.05) is 23.7 Å². The number of H-pyrrole nitrogens is 1. The van der Waals surface area contributed by atoms with Crippen LogP contribution in [0.4, 0.5) is 0 Å². The van der Waals surface area contributed by atoms with Gasteiger partial charge in [0.25, 0.3) is 5.56 Å². The second-order valence-electron chi connectivity index (χ2n) is 3.56. The van der Waals surface area contributed by atoms with Crippen LogP contribution in [0.5, 0.6) is 0 Å². The van der Waals surface area contributed by atoms with Crippen LogP contribution in [0.25, 0.3) is 22.3 Å². The zero-order chi connectivity index (χ0) is 11.8. The molecule has 0 spiro atoms. The predicted molar refractivity (Wildman–Crippen MR) is 65.1 cm³/mol. The van der Waals surface area contributed by atoms with Gasteiger partial charge in [0, 0.05) is 11.6 Å². The number of hydrogen-bond acceptors (Lipinski definition) is 3. The Bertz CT molecular complexity index is 745. The number of benzene rings is 1. The summed E-state index contributed by atoms with van der Waals surface area (Å²) >= 11 is 6.00. The number of furan rings is 1. The molecule has 0 saturated heterocycles. The van der Waals surface area contributed by atoms with Crippen molar-refractivity contribution in [1.82, 2.24) is 9.97 Å². The highest BCUT2D eigenvalue weighted by Crippen LogP contribution is 2.30. The fraction of sp³-hybridized carbons (Fsp3) is 0. The van der Waals surface area contributed by atoms with Crippen molar-refractivity contribution in [1.29, 1.82) is 0 Å². The molecule has 4 nitrogen and oxygen atoms in total. The van der Waals surface area contributed by atoms with Crippen LogP contribution in [0.15, 0.2) is 46.0 Å². The minimum absolute atomic E-state index is 0.241. The molecule has 0 aliphatic heterocycles. The largest absolute Gasteiger partial charge is 0.454 e. The van der Waals surface area contributed by atoms with Gasteiger partial charge in [0.15, 0.2) is 5.58 Å². The van der Waals surface area contributed by atoms with E-state index in [0.717, 1.165) is 5.39 Å². The van der Waals surface area contributed by atoms with Gasteiger partial charge in [-0.25, -0.2) is 4.98 Å². The molecule has 1 N–H and O–H groups in total. The van der Waals surface area contributed by atoms with Crippen molar-refractivity contribution < 1.29 is 4.42 Å². The van der Waals surface area contributed by atoms with Crippen molar-refractivity contribution in [2.24, 2.45) is 0 Å². The van der Waals surface area contributed by atoms with Gasteiger partial charge in [-0.3, -0.25) is 4.79 Å². The fourth-order valence-electron chi connectivity index (χ4n) is 1.68. The van der Waals surface area contributed by atoms with Crippen molar-refractivity contribution in [2.75, 3.05) is 0 Å². The lowest BCUT2D eigenvalue weighted by atomic mass is 10.2. The first-order chi connectivity index (χ1) is 8.25. The lowest BCUT2D eigenvalue weighted by Gasteiger charge is -1.93. The highest BCUT2D eigenvalue weighted by Gasteiger charge is 2.11. The van der Waals surface area contributed by atoms with Crippen LogP contribution < -0.4 is 5.56 Å². The molecule has 0 bridgehead atoms. The molecule has 0 aliphatic rings. The fourth-order valence-corrected chi connectivity index (χ4v) is 1.90. The normalized spacial score (nSPS) is 10.9. The van der Waals surface area contributed by atoms with Gasteiger partial charge < -0.3 is 9.40 Å². The van der Waals surface area contributed by atoms with Gasteiger partial charge in [0.2, 0.25) is 0 Å². The summed E-state index contributed by atoms with van der Waals surface area (Å²) in [7, 11) is 0. The van der Waals surface area contributed by atoms with Crippen molar-refractivity contribution in [2.45, 2.75) is 0 Å². The summed E-state index contributed by atoms with van der Waals surface area (Å²) in [6.07, 6.45) is 2.80. The maximum atomic E-state index is 11.6. The summed E-state index contributed by atoms with van der Waals surface area (Å²) in [4.78, 5) is 18.0. The van der Waals surface area contributed by atoms with Gasteiger partial charge >= 0.3 is 0 Å². The van der Waals surface area contributed by atoms with Gasteiger partial charge in [-0.05, 0) is 12.1 Å². The molecule has 0 saturated carbocycles. The average molecular weight is 247 g/mol. The van der Waals surface area contributed by atoms with E-state index in [-0.39, 0.29) is 5.56 Å². The third kappa shape index (κ3) is 1.62. The number of halogens is 1.